The van der Waals surface area contributed by atoms with Gasteiger partial charge < -0.3 is 4.74 Å². The van der Waals surface area contributed by atoms with E-state index in [1.807, 2.05) is 13.8 Å². The Morgan fingerprint density at radius 2 is 2.00 bits per heavy atom. The highest BCUT2D eigenvalue weighted by atomic mass is 19.3. The molecule has 1 unspecified atom stereocenters. The van der Waals surface area contributed by atoms with E-state index < -0.39 is 11.3 Å². The molecule has 2 aliphatic heterocycles. The van der Waals surface area contributed by atoms with Crippen LogP contribution in [0.1, 0.15) is 39.5 Å². The van der Waals surface area contributed by atoms with Crippen LogP contribution in [0.5, 0.6) is 0 Å². The van der Waals surface area contributed by atoms with Crippen molar-refractivity contribution >= 4 is 0 Å². The number of ether oxygens (including phenoxy) is 1. The molecule has 2 nitrogen and oxygen atoms in total. The number of nitrogens with zero attached hydrogens (tertiary/aromatic N) is 1. The van der Waals surface area contributed by atoms with Crippen molar-refractivity contribution in [2.45, 2.75) is 57.1 Å². The average molecular weight is 245 g/mol. The standard InChI is InChI=1S/C13H21F2NO/c1-10(2)17-9-12-4-3-5-16(12)8-11(6-12)7-13(11,14)15/h10H,3-9H2,1-2H3/t11-,12?/m0/s1. The fourth-order valence-corrected chi connectivity index (χ4v) is 3.77. The maximum absolute atomic E-state index is 13.5. The predicted octanol–water partition coefficient (Wildman–Crippen LogP) is 2.68. The smallest absolute Gasteiger partial charge is 0.255 e. The zero-order chi connectivity index (χ0) is 12.3. The van der Waals surface area contributed by atoms with Gasteiger partial charge in [0, 0.05) is 18.5 Å². The van der Waals surface area contributed by atoms with Crippen molar-refractivity contribution in [2.24, 2.45) is 5.41 Å². The van der Waals surface area contributed by atoms with Gasteiger partial charge in [-0.15, -0.1) is 0 Å². The summed E-state index contributed by atoms with van der Waals surface area (Å²) in [6.07, 6.45) is 3.07. The molecule has 4 heteroatoms. The fourth-order valence-electron chi connectivity index (χ4n) is 3.77. The first-order valence-electron chi connectivity index (χ1n) is 6.64. The Balaban J connectivity index is 1.74. The summed E-state index contributed by atoms with van der Waals surface area (Å²) in [4.78, 5) is 2.27. The molecule has 0 aromatic heterocycles. The van der Waals surface area contributed by atoms with Crippen molar-refractivity contribution in [3.63, 3.8) is 0 Å². The summed E-state index contributed by atoms with van der Waals surface area (Å²) in [7, 11) is 0. The third-order valence-electron chi connectivity index (χ3n) is 4.80. The van der Waals surface area contributed by atoms with Crippen LogP contribution in [-0.2, 0) is 4.74 Å². The van der Waals surface area contributed by atoms with E-state index in [0.717, 1.165) is 19.4 Å². The Bertz CT molecular complexity index is 333. The van der Waals surface area contributed by atoms with Crippen molar-refractivity contribution in [3.05, 3.63) is 0 Å². The van der Waals surface area contributed by atoms with E-state index in [1.165, 1.54) is 0 Å². The third-order valence-corrected chi connectivity index (χ3v) is 4.80. The molecule has 3 rings (SSSR count). The lowest BCUT2D eigenvalue weighted by Crippen LogP contribution is -2.43. The lowest BCUT2D eigenvalue weighted by atomic mass is 9.89. The average Bonchev–Trinajstić information content (AvgIpc) is 2.55. The molecule has 17 heavy (non-hydrogen) atoms. The number of hydrogen-bond acceptors (Lipinski definition) is 2. The van der Waals surface area contributed by atoms with Crippen LogP contribution in [0.25, 0.3) is 0 Å². The van der Waals surface area contributed by atoms with Crippen molar-refractivity contribution < 1.29 is 13.5 Å². The van der Waals surface area contributed by atoms with E-state index in [9.17, 15) is 8.78 Å². The molecule has 1 aliphatic carbocycles. The second-order valence-corrected chi connectivity index (χ2v) is 6.45. The van der Waals surface area contributed by atoms with Crippen molar-refractivity contribution in [3.8, 4) is 0 Å². The summed E-state index contributed by atoms with van der Waals surface area (Å²) in [5, 5.41) is 0. The van der Waals surface area contributed by atoms with Gasteiger partial charge in [0.25, 0.3) is 5.92 Å². The summed E-state index contributed by atoms with van der Waals surface area (Å²) < 4.78 is 32.7. The SMILES string of the molecule is CC(C)OCC12CCCN1C[C@]1(C2)CC1(F)F. The lowest BCUT2D eigenvalue weighted by molar-refractivity contribution is 0.00191. The molecule has 0 bridgehead atoms. The van der Waals surface area contributed by atoms with E-state index in [2.05, 4.69) is 4.90 Å². The quantitative estimate of drug-likeness (QED) is 0.758. The molecule has 1 spiro atoms. The lowest BCUT2D eigenvalue weighted by Gasteiger charge is -2.32. The Morgan fingerprint density at radius 1 is 1.29 bits per heavy atom. The molecule has 0 aromatic carbocycles. The second kappa shape index (κ2) is 3.41. The van der Waals surface area contributed by atoms with E-state index in [-0.39, 0.29) is 18.1 Å². The second-order valence-electron chi connectivity index (χ2n) is 6.45. The molecule has 1 saturated carbocycles. The van der Waals surface area contributed by atoms with E-state index in [0.29, 0.717) is 19.6 Å². The van der Waals surface area contributed by atoms with Gasteiger partial charge in [-0.25, -0.2) is 8.78 Å². The summed E-state index contributed by atoms with van der Waals surface area (Å²) >= 11 is 0. The van der Waals surface area contributed by atoms with Gasteiger partial charge >= 0.3 is 0 Å². The van der Waals surface area contributed by atoms with Crippen LogP contribution >= 0.6 is 0 Å². The summed E-state index contributed by atoms with van der Waals surface area (Å²) in [6, 6.07) is 0. The first-order chi connectivity index (χ1) is 7.89. The van der Waals surface area contributed by atoms with Gasteiger partial charge in [0.1, 0.15) is 0 Å². The monoisotopic (exact) mass is 245 g/mol. The molecule has 98 valence electrons. The van der Waals surface area contributed by atoms with Gasteiger partial charge in [-0.05, 0) is 39.7 Å². The fraction of sp³-hybridized carbons (Fsp3) is 1.00. The Kier molecular flexibility index (Phi) is 2.38. The molecule has 2 heterocycles. The van der Waals surface area contributed by atoms with E-state index in [1.54, 1.807) is 0 Å². The van der Waals surface area contributed by atoms with Gasteiger partial charge in [0.05, 0.1) is 18.1 Å². The van der Waals surface area contributed by atoms with Crippen LogP contribution < -0.4 is 0 Å². The highest BCUT2D eigenvalue weighted by molar-refractivity contribution is 5.22. The molecule has 0 radical (unpaired) electrons. The van der Waals surface area contributed by atoms with E-state index in [4.69, 9.17) is 4.74 Å². The van der Waals surface area contributed by atoms with Crippen LogP contribution in [0.2, 0.25) is 0 Å². The minimum absolute atomic E-state index is 0.0792. The minimum atomic E-state index is -2.41. The first-order valence-corrected chi connectivity index (χ1v) is 6.64. The van der Waals surface area contributed by atoms with Crippen LogP contribution in [0.3, 0.4) is 0 Å². The van der Waals surface area contributed by atoms with Crippen LogP contribution in [0.4, 0.5) is 8.78 Å². The Labute approximate surface area is 101 Å². The maximum Gasteiger partial charge on any atom is 0.255 e. The number of fused-ring (bicyclic) bond motifs is 1. The summed E-state index contributed by atoms with van der Waals surface area (Å²) in [5.74, 6) is -2.41. The number of alkyl halides is 2. The molecular formula is C13H21F2NO. The van der Waals surface area contributed by atoms with Crippen LogP contribution in [0.15, 0.2) is 0 Å². The number of halogens is 2. The predicted molar refractivity (Wildman–Crippen MR) is 61.2 cm³/mol. The van der Waals surface area contributed by atoms with Gasteiger partial charge in [-0.3, -0.25) is 4.90 Å². The molecule has 0 aromatic rings. The summed E-state index contributed by atoms with van der Waals surface area (Å²) in [5.41, 5.74) is -0.780. The Morgan fingerprint density at radius 3 is 2.59 bits per heavy atom. The molecule has 3 aliphatic rings. The molecule has 0 N–H and O–H groups in total. The zero-order valence-corrected chi connectivity index (χ0v) is 10.6. The topological polar surface area (TPSA) is 12.5 Å². The maximum atomic E-state index is 13.5. The van der Waals surface area contributed by atoms with Gasteiger partial charge in [-0.2, -0.15) is 0 Å². The van der Waals surface area contributed by atoms with Crippen LogP contribution in [-0.4, -0.2) is 42.2 Å². The molecule has 2 atom stereocenters. The van der Waals surface area contributed by atoms with Crippen molar-refractivity contribution in [1.82, 2.24) is 4.90 Å². The highest BCUT2D eigenvalue weighted by Gasteiger charge is 2.77. The number of rotatable bonds is 3. The van der Waals surface area contributed by atoms with E-state index >= 15 is 0 Å². The molecular weight excluding hydrogens is 224 g/mol. The van der Waals surface area contributed by atoms with Crippen molar-refractivity contribution in [2.75, 3.05) is 19.7 Å². The number of hydrogen-bond donors (Lipinski definition) is 0. The molecule has 3 fully saturated rings. The molecule has 2 saturated heterocycles. The molecule has 0 amide bonds. The normalized spacial score (nSPS) is 43.6. The zero-order valence-electron chi connectivity index (χ0n) is 10.6. The highest BCUT2D eigenvalue weighted by Crippen LogP contribution is 2.69. The van der Waals surface area contributed by atoms with Gasteiger partial charge in [-0.1, -0.05) is 0 Å². The Hall–Kier alpha value is -0.220. The van der Waals surface area contributed by atoms with Gasteiger partial charge in [0.2, 0.25) is 0 Å². The minimum Gasteiger partial charge on any atom is -0.377 e. The summed E-state index contributed by atoms with van der Waals surface area (Å²) in [6.45, 7) is 6.20. The first kappa shape index (κ1) is 11.8. The van der Waals surface area contributed by atoms with Crippen LogP contribution in [0, 0.1) is 5.41 Å². The van der Waals surface area contributed by atoms with Gasteiger partial charge in [0.15, 0.2) is 0 Å². The largest absolute Gasteiger partial charge is 0.377 e. The van der Waals surface area contributed by atoms with Crippen molar-refractivity contribution in [1.29, 1.82) is 0 Å². The third kappa shape index (κ3) is 1.64.